The minimum atomic E-state index is -1.74. The highest BCUT2D eigenvalue weighted by atomic mass is 29.3. The Morgan fingerprint density at radius 3 is 1.31 bits per heavy atom. The molecule has 0 bridgehead atoms. The third-order valence-corrected chi connectivity index (χ3v) is 27.6. The maximum Gasteiger partial charge on any atom is 0.107 e. The van der Waals surface area contributed by atoms with E-state index in [1.54, 1.807) is 10.4 Å². The van der Waals surface area contributed by atoms with E-state index in [0.29, 0.717) is 0 Å². The highest BCUT2D eigenvalue weighted by Crippen LogP contribution is 2.26. The fraction of sp³-hybridized carbons (Fsp3) is 0.538. The number of aryl methyl sites for hydroxylation is 2. The zero-order valence-corrected chi connectivity index (χ0v) is 23.1. The lowest BCUT2D eigenvalue weighted by atomic mass is 10.1. The monoisotopic (exact) mass is 439 g/mol. The molecule has 29 heavy (non-hydrogen) atoms. The van der Waals surface area contributed by atoms with Crippen LogP contribution in [0.4, 0.5) is 0 Å². The fourth-order valence-corrected chi connectivity index (χ4v) is 30.4. The van der Waals surface area contributed by atoms with Gasteiger partial charge >= 0.3 is 0 Å². The van der Waals surface area contributed by atoms with Crippen LogP contribution in [0.15, 0.2) is 48.5 Å². The van der Waals surface area contributed by atoms with E-state index < -0.39 is 15.2 Å². The summed E-state index contributed by atoms with van der Waals surface area (Å²) < 4.78 is 0. The summed E-state index contributed by atoms with van der Waals surface area (Å²) >= 11 is 0. The molecule has 2 rings (SSSR count). The predicted octanol–water partition coefficient (Wildman–Crippen LogP) is 6.65. The van der Waals surface area contributed by atoms with Gasteiger partial charge in [-0.25, -0.2) is 0 Å². The van der Waals surface area contributed by atoms with E-state index in [2.05, 4.69) is 95.1 Å². The Morgan fingerprint density at radius 1 is 0.655 bits per heavy atom. The van der Waals surface area contributed by atoms with Crippen LogP contribution in [0.5, 0.6) is 0 Å². The van der Waals surface area contributed by atoms with Crippen molar-refractivity contribution in [3.8, 4) is 0 Å². The number of hydrogen-bond donors (Lipinski definition) is 0. The van der Waals surface area contributed by atoms with E-state index >= 15 is 0 Å². The average molecular weight is 440 g/mol. The van der Waals surface area contributed by atoms with Crippen LogP contribution in [-0.2, 0) is 12.8 Å². The molecule has 0 heterocycles. The topological polar surface area (TPSA) is 0 Å². The van der Waals surface area contributed by atoms with Gasteiger partial charge in [0.2, 0.25) is 0 Å². The molecule has 0 nitrogen and oxygen atoms in total. The van der Waals surface area contributed by atoms with Crippen LogP contribution < -0.4 is 10.4 Å². The minimum Gasteiger partial charge on any atom is -0.0715 e. The quantitative estimate of drug-likeness (QED) is 0.344. The summed E-state index contributed by atoms with van der Waals surface area (Å²) in [6, 6.07) is 19.9. The van der Waals surface area contributed by atoms with Gasteiger partial charge in [0.05, 0.1) is 0 Å². The maximum absolute atomic E-state index is 2.64. The van der Waals surface area contributed by atoms with E-state index in [1.807, 2.05) is 0 Å². The lowest BCUT2D eigenvalue weighted by Crippen LogP contribution is -2.74. The van der Waals surface area contributed by atoms with Gasteiger partial charge in [-0.3, -0.25) is 0 Å². The summed E-state index contributed by atoms with van der Waals surface area (Å²) in [6.07, 6.45) is 7.59. The number of unbranched alkanes of at least 4 members (excludes halogenated alkanes) is 2. The molecular weight excluding hydrogens is 397 g/mol. The third kappa shape index (κ3) is 6.05. The minimum absolute atomic E-state index is 0.319. The molecule has 1 radical (unpaired) electrons. The molecular formula is C26H43Si3. The molecule has 0 saturated heterocycles. The second-order valence-electron chi connectivity index (χ2n) is 10.1. The van der Waals surface area contributed by atoms with E-state index in [1.165, 1.54) is 55.3 Å². The molecule has 2 aromatic rings. The maximum atomic E-state index is 2.64. The van der Waals surface area contributed by atoms with Crippen molar-refractivity contribution in [1.82, 2.24) is 0 Å². The number of hydrogen-bond acceptors (Lipinski definition) is 0. The first kappa shape index (κ1) is 24.4. The molecule has 0 aliphatic carbocycles. The Morgan fingerprint density at radius 2 is 1.03 bits per heavy atom. The molecule has 0 unspecified atom stereocenters. The number of benzene rings is 2. The van der Waals surface area contributed by atoms with Crippen molar-refractivity contribution in [2.24, 2.45) is 0 Å². The van der Waals surface area contributed by atoms with Gasteiger partial charge in [-0.1, -0.05) is 124 Å². The van der Waals surface area contributed by atoms with Crippen LogP contribution >= 0.6 is 0 Å². The van der Waals surface area contributed by atoms with Crippen LogP contribution in [0.25, 0.3) is 0 Å². The molecule has 0 aliphatic rings. The van der Waals surface area contributed by atoms with Gasteiger partial charge in [0.25, 0.3) is 0 Å². The van der Waals surface area contributed by atoms with Crippen LogP contribution in [0.2, 0.25) is 38.4 Å². The summed E-state index contributed by atoms with van der Waals surface area (Å²) in [5.41, 5.74) is 4.50. The van der Waals surface area contributed by atoms with Crippen molar-refractivity contribution in [2.45, 2.75) is 90.8 Å². The Bertz CT molecular complexity index is 673. The largest absolute Gasteiger partial charge is 0.107 e. The van der Waals surface area contributed by atoms with Crippen LogP contribution in [0, 0.1) is 0 Å². The Labute approximate surface area is 184 Å². The lowest BCUT2D eigenvalue weighted by molar-refractivity contribution is 0.795. The molecule has 159 valence electrons. The summed E-state index contributed by atoms with van der Waals surface area (Å²) in [5, 5.41) is 3.40. The van der Waals surface area contributed by atoms with E-state index in [4.69, 9.17) is 0 Å². The van der Waals surface area contributed by atoms with Crippen molar-refractivity contribution in [1.29, 1.82) is 0 Å². The zero-order valence-electron chi connectivity index (χ0n) is 20.1. The predicted molar refractivity (Wildman–Crippen MR) is 141 cm³/mol. The molecule has 0 fully saturated rings. The fourth-order valence-electron chi connectivity index (χ4n) is 4.71. The van der Waals surface area contributed by atoms with Gasteiger partial charge in [-0.05, 0) is 36.8 Å². The summed E-state index contributed by atoms with van der Waals surface area (Å²) in [4.78, 5) is 0. The van der Waals surface area contributed by atoms with Crippen molar-refractivity contribution < 1.29 is 0 Å². The first-order valence-electron chi connectivity index (χ1n) is 11.7. The van der Waals surface area contributed by atoms with Gasteiger partial charge in [-0.15, -0.1) is 0 Å². The second-order valence-corrected chi connectivity index (χ2v) is 28.5. The molecule has 0 aliphatic heterocycles. The highest BCUT2D eigenvalue weighted by molar-refractivity contribution is 7.52. The standard InChI is InChI=1S/C26H43Si3/c1-8-10-12-23-14-18-25(19-15-23)29(22-27(3)4,28(5,6)7)26-20-16-24(17-21-26)13-11-9-2/h14-21H,8-13,22H2,1-7H3. The third-order valence-electron chi connectivity index (χ3n) is 6.43. The summed E-state index contributed by atoms with van der Waals surface area (Å²) in [7, 11) is -3.46. The van der Waals surface area contributed by atoms with Gasteiger partial charge < -0.3 is 0 Å². The zero-order chi connectivity index (χ0) is 21.5. The van der Waals surface area contributed by atoms with E-state index in [0.717, 1.165) is 0 Å². The Hall–Kier alpha value is -0.909. The van der Waals surface area contributed by atoms with Crippen LogP contribution in [0.1, 0.15) is 50.7 Å². The lowest BCUT2D eigenvalue weighted by Gasteiger charge is -2.44. The molecule has 2 aromatic carbocycles. The van der Waals surface area contributed by atoms with Gasteiger partial charge in [-0.2, -0.15) is 0 Å². The first-order valence-corrected chi connectivity index (χ1v) is 21.1. The molecule has 0 amide bonds. The van der Waals surface area contributed by atoms with Crippen LogP contribution in [-0.4, -0.2) is 24.0 Å². The smallest absolute Gasteiger partial charge is 0.0715 e. The summed E-state index contributed by atoms with van der Waals surface area (Å²) in [5.74, 6) is 0. The van der Waals surface area contributed by atoms with E-state index in [-0.39, 0.29) is 8.80 Å². The van der Waals surface area contributed by atoms with E-state index in [9.17, 15) is 0 Å². The van der Waals surface area contributed by atoms with Crippen molar-refractivity contribution in [3.63, 3.8) is 0 Å². The van der Waals surface area contributed by atoms with Crippen LogP contribution in [0.3, 0.4) is 0 Å². The molecule has 0 atom stereocenters. The van der Waals surface area contributed by atoms with Gasteiger partial charge in [0, 0.05) is 16.4 Å². The summed E-state index contributed by atoms with van der Waals surface area (Å²) in [6.45, 7) is 17.5. The molecule has 0 saturated carbocycles. The van der Waals surface area contributed by atoms with Gasteiger partial charge in [0.15, 0.2) is 0 Å². The second kappa shape index (κ2) is 10.9. The molecule has 0 spiro atoms. The highest BCUT2D eigenvalue weighted by Gasteiger charge is 2.48. The normalized spacial score (nSPS) is 12.6. The van der Waals surface area contributed by atoms with Crippen molar-refractivity contribution in [3.05, 3.63) is 59.7 Å². The Kier molecular flexibility index (Phi) is 9.17. The molecule has 3 heteroatoms. The number of rotatable bonds is 11. The molecule has 0 N–H and O–H groups in total. The molecule has 0 aromatic heterocycles. The average Bonchev–Trinajstić information content (AvgIpc) is 2.68. The van der Waals surface area contributed by atoms with Crippen molar-refractivity contribution >= 4 is 34.4 Å². The SMILES string of the molecule is CCCCc1ccc([Si](C[Si](C)C)(c2ccc(CCCC)cc2)[Si](C)(C)C)cc1. The first-order chi connectivity index (χ1) is 13.7. The van der Waals surface area contributed by atoms with Crippen molar-refractivity contribution in [2.75, 3.05) is 0 Å². The van der Waals surface area contributed by atoms with Gasteiger partial charge in [0.1, 0.15) is 7.59 Å². The Balaban J connectivity index is 2.53.